The van der Waals surface area contributed by atoms with Crippen molar-refractivity contribution < 1.29 is 9.53 Å². The van der Waals surface area contributed by atoms with Crippen LogP contribution in [0.2, 0.25) is 0 Å². The Morgan fingerprint density at radius 2 is 1.95 bits per heavy atom. The Labute approximate surface area is 134 Å². The molecule has 0 N–H and O–H groups in total. The molecule has 22 heavy (non-hydrogen) atoms. The van der Waals surface area contributed by atoms with Crippen molar-refractivity contribution >= 4 is 17.5 Å². The molecule has 6 nitrogen and oxygen atoms in total. The molecule has 2 aromatic rings. The number of hydrogen-bond donors (Lipinski definition) is 0. The van der Waals surface area contributed by atoms with Crippen LogP contribution in [0.3, 0.4) is 0 Å². The van der Waals surface area contributed by atoms with E-state index in [1.54, 1.807) is 4.68 Å². The van der Waals surface area contributed by atoms with Crippen LogP contribution in [-0.4, -0.2) is 38.4 Å². The van der Waals surface area contributed by atoms with Crippen LogP contribution < -0.4 is 4.74 Å². The Balaban J connectivity index is 2.10. The van der Waals surface area contributed by atoms with Crippen LogP contribution in [0, 0.1) is 5.41 Å². The van der Waals surface area contributed by atoms with E-state index in [9.17, 15) is 4.79 Å². The second-order valence-corrected chi connectivity index (χ2v) is 6.70. The second kappa shape index (κ2) is 6.91. The van der Waals surface area contributed by atoms with Gasteiger partial charge in [0.15, 0.2) is 0 Å². The highest BCUT2D eigenvalue weighted by Crippen LogP contribution is 2.24. The van der Waals surface area contributed by atoms with E-state index >= 15 is 0 Å². The minimum absolute atomic E-state index is 0.166. The summed E-state index contributed by atoms with van der Waals surface area (Å²) in [5.41, 5.74) is 0.476. The lowest BCUT2D eigenvalue weighted by Gasteiger charge is -2.15. The van der Waals surface area contributed by atoms with Crippen molar-refractivity contribution in [1.82, 2.24) is 20.2 Å². The number of Topliss-reactive ketones (excluding diaryl/α,β-unsaturated/α-hetero) is 1. The number of carbonyl (C=O) groups excluding carboxylic acids is 1. The summed E-state index contributed by atoms with van der Waals surface area (Å²) < 4.78 is 7.04. The lowest BCUT2D eigenvalue weighted by molar-refractivity contribution is -0.123. The van der Waals surface area contributed by atoms with Crippen molar-refractivity contribution in [3.63, 3.8) is 0 Å². The normalized spacial score (nSPS) is 11.5. The summed E-state index contributed by atoms with van der Waals surface area (Å²) >= 11 is 1.34. The molecule has 0 aliphatic carbocycles. The number of nitrogens with zero attached hydrogens (tertiary/aromatic N) is 4. The maximum Gasteiger partial charge on any atom is 0.214 e. The minimum atomic E-state index is -0.357. The lowest BCUT2D eigenvalue weighted by Crippen LogP contribution is -2.22. The predicted octanol–water partition coefficient (Wildman–Crippen LogP) is 2.77. The molecule has 0 unspecified atom stereocenters. The maximum atomic E-state index is 12.0. The van der Waals surface area contributed by atoms with Crippen LogP contribution in [-0.2, 0) is 4.79 Å². The first-order valence-electron chi connectivity index (χ1n) is 7.09. The third kappa shape index (κ3) is 4.07. The van der Waals surface area contributed by atoms with Gasteiger partial charge in [0.05, 0.1) is 18.0 Å². The predicted molar refractivity (Wildman–Crippen MR) is 85.5 cm³/mol. The van der Waals surface area contributed by atoms with Crippen LogP contribution in [0.1, 0.15) is 27.7 Å². The maximum absolute atomic E-state index is 12.0. The number of thioether (sulfide) groups is 1. The highest BCUT2D eigenvalue weighted by molar-refractivity contribution is 7.99. The van der Waals surface area contributed by atoms with E-state index in [1.165, 1.54) is 11.8 Å². The van der Waals surface area contributed by atoms with Crippen molar-refractivity contribution in [2.45, 2.75) is 32.9 Å². The van der Waals surface area contributed by atoms with Crippen LogP contribution in [0.4, 0.5) is 0 Å². The first kappa shape index (κ1) is 16.5. The highest BCUT2D eigenvalue weighted by atomic mass is 32.2. The van der Waals surface area contributed by atoms with E-state index in [1.807, 2.05) is 52.0 Å². The van der Waals surface area contributed by atoms with E-state index in [0.717, 1.165) is 11.4 Å². The molecule has 7 heteroatoms. The van der Waals surface area contributed by atoms with Crippen LogP contribution >= 0.6 is 11.8 Å². The Morgan fingerprint density at radius 3 is 2.55 bits per heavy atom. The summed E-state index contributed by atoms with van der Waals surface area (Å²) in [6.07, 6.45) is 0. The molecule has 0 radical (unpaired) electrons. The molecule has 1 aromatic carbocycles. The van der Waals surface area contributed by atoms with Gasteiger partial charge in [-0.2, -0.15) is 4.68 Å². The monoisotopic (exact) mass is 320 g/mol. The van der Waals surface area contributed by atoms with Crippen molar-refractivity contribution in [2.75, 3.05) is 12.4 Å². The molecule has 0 aliphatic heterocycles. The Morgan fingerprint density at radius 1 is 1.27 bits per heavy atom. The van der Waals surface area contributed by atoms with Crippen molar-refractivity contribution in [3.8, 4) is 11.4 Å². The fourth-order valence-corrected chi connectivity index (χ4v) is 2.68. The smallest absolute Gasteiger partial charge is 0.214 e. The third-order valence-electron chi connectivity index (χ3n) is 3.00. The molecule has 0 bridgehead atoms. The third-order valence-corrected chi connectivity index (χ3v) is 3.92. The van der Waals surface area contributed by atoms with Crippen molar-refractivity contribution in [2.24, 2.45) is 5.41 Å². The van der Waals surface area contributed by atoms with Crippen molar-refractivity contribution in [1.29, 1.82) is 0 Å². The number of aromatic nitrogens is 4. The van der Waals surface area contributed by atoms with Crippen LogP contribution in [0.15, 0.2) is 29.4 Å². The quantitative estimate of drug-likeness (QED) is 0.762. The van der Waals surface area contributed by atoms with Gasteiger partial charge in [0.1, 0.15) is 11.5 Å². The van der Waals surface area contributed by atoms with Gasteiger partial charge < -0.3 is 4.74 Å². The lowest BCUT2D eigenvalue weighted by atomic mass is 9.92. The van der Waals surface area contributed by atoms with Crippen LogP contribution in [0.5, 0.6) is 5.75 Å². The fourth-order valence-electron chi connectivity index (χ4n) is 1.63. The van der Waals surface area contributed by atoms with Gasteiger partial charge >= 0.3 is 0 Å². The summed E-state index contributed by atoms with van der Waals surface area (Å²) in [7, 11) is 0. The Hall–Kier alpha value is -1.89. The number of carbonyl (C=O) groups is 1. The minimum Gasteiger partial charge on any atom is -0.494 e. The number of benzene rings is 1. The molecule has 0 amide bonds. The molecule has 0 fully saturated rings. The van der Waals surface area contributed by atoms with Gasteiger partial charge in [-0.3, -0.25) is 4.79 Å². The van der Waals surface area contributed by atoms with Gasteiger partial charge in [0.2, 0.25) is 5.16 Å². The summed E-state index contributed by atoms with van der Waals surface area (Å²) in [6, 6.07) is 7.51. The Kier molecular flexibility index (Phi) is 5.18. The molecule has 0 saturated carbocycles. The van der Waals surface area contributed by atoms with Gasteiger partial charge in [-0.05, 0) is 41.6 Å². The highest BCUT2D eigenvalue weighted by Gasteiger charge is 2.22. The molecular weight excluding hydrogens is 300 g/mol. The number of tetrazole rings is 1. The molecule has 1 heterocycles. The van der Waals surface area contributed by atoms with E-state index in [-0.39, 0.29) is 11.2 Å². The Bertz CT molecular complexity index is 632. The van der Waals surface area contributed by atoms with Gasteiger partial charge in [0, 0.05) is 5.41 Å². The van der Waals surface area contributed by atoms with Gasteiger partial charge in [-0.25, -0.2) is 0 Å². The summed E-state index contributed by atoms with van der Waals surface area (Å²) in [5.74, 6) is 1.32. The molecular formula is C15H20N4O2S. The topological polar surface area (TPSA) is 69.9 Å². The SMILES string of the molecule is CCOc1ccc(-n2nnnc2SCC(=O)C(C)(C)C)cc1. The first-order chi connectivity index (χ1) is 10.4. The van der Waals surface area contributed by atoms with Gasteiger partial charge in [0.25, 0.3) is 0 Å². The molecule has 0 spiro atoms. The number of rotatable bonds is 6. The van der Waals surface area contributed by atoms with Gasteiger partial charge in [-0.15, -0.1) is 5.10 Å². The average molecular weight is 320 g/mol. The molecule has 2 rings (SSSR count). The zero-order valence-corrected chi connectivity index (χ0v) is 14.1. The van der Waals surface area contributed by atoms with E-state index in [2.05, 4.69) is 15.5 Å². The zero-order chi connectivity index (χ0) is 16.2. The largest absolute Gasteiger partial charge is 0.494 e. The van der Waals surface area contributed by atoms with E-state index < -0.39 is 0 Å². The number of ether oxygens (including phenoxy) is 1. The zero-order valence-electron chi connectivity index (χ0n) is 13.2. The van der Waals surface area contributed by atoms with Crippen molar-refractivity contribution in [3.05, 3.63) is 24.3 Å². The van der Waals surface area contributed by atoms with Crippen LogP contribution in [0.25, 0.3) is 5.69 Å². The molecule has 118 valence electrons. The summed E-state index contributed by atoms with van der Waals surface area (Å²) in [5, 5.41) is 12.3. The first-order valence-corrected chi connectivity index (χ1v) is 8.08. The number of hydrogen-bond acceptors (Lipinski definition) is 6. The molecule has 0 saturated heterocycles. The second-order valence-electron chi connectivity index (χ2n) is 5.76. The fraction of sp³-hybridized carbons (Fsp3) is 0.467. The standard InChI is InChI=1S/C15H20N4O2S/c1-5-21-12-8-6-11(7-9-12)19-14(16-17-18-19)22-10-13(20)15(2,3)4/h6-9H,5,10H2,1-4H3. The van der Waals surface area contributed by atoms with E-state index in [0.29, 0.717) is 17.5 Å². The summed E-state index contributed by atoms with van der Waals surface area (Å²) in [4.78, 5) is 12.0. The molecule has 0 atom stereocenters. The molecule has 0 aliphatic rings. The molecule has 1 aromatic heterocycles. The van der Waals surface area contributed by atoms with Gasteiger partial charge in [-0.1, -0.05) is 32.5 Å². The number of ketones is 1. The summed E-state index contributed by atoms with van der Waals surface area (Å²) in [6.45, 7) is 8.29. The average Bonchev–Trinajstić information content (AvgIpc) is 2.93. The van der Waals surface area contributed by atoms with E-state index in [4.69, 9.17) is 4.74 Å².